The highest BCUT2D eigenvalue weighted by molar-refractivity contribution is 6.05. The third kappa shape index (κ3) is 3.00. The minimum Gasteiger partial charge on any atom is -0.508 e. The molecule has 0 aliphatic carbocycles. The van der Waals surface area contributed by atoms with Gasteiger partial charge >= 0.3 is 0 Å². The van der Waals surface area contributed by atoms with E-state index >= 15 is 0 Å². The summed E-state index contributed by atoms with van der Waals surface area (Å²) >= 11 is 0. The van der Waals surface area contributed by atoms with Gasteiger partial charge in [-0.3, -0.25) is 4.79 Å². The Balaban J connectivity index is 2.01. The van der Waals surface area contributed by atoms with Crippen molar-refractivity contribution < 1.29 is 24.3 Å². The number of rotatable bonds is 3. The van der Waals surface area contributed by atoms with Crippen LogP contribution in [0.1, 0.15) is 10.4 Å². The molecule has 122 valence electrons. The molecule has 24 heavy (non-hydrogen) atoms. The minimum absolute atomic E-state index is 0.00345. The van der Waals surface area contributed by atoms with Crippen LogP contribution in [0.4, 0.5) is 5.69 Å². The van der Waals surface area contributed by atoms with Crippen LogP contribution in [0.2, 0.25) is 0 Å². The van der Waals surface area contributed by atoms with E-state index in [-0.39, 0.29) is 16.9 Å². The highest BCUT2D eigenvalue weighted by Gasteiger charge is 2.14. The molecule has 0 saturated heterocycles. The summed E-state index contributed by atoms with van der Waals surface area (Å²) in [5, 5.41) is 24.9. The van der Waals surface area contributed by atoms with Crippen molar-refractivity contribution in [1.29, 1.82) is 0 Å². The quantitative estimate of drug-likeness (QED) is 0.507. The molecule has 0 spiro atoms. The van der Waals surface area contributed by atoms with Crippen LogP contribution >= 0.6 is 0 Å². The molecule has 0 aliphatic heterocycles. The van der Waals surface area contributed by atoms with E-state index in [1.807, 2.05) is 0 Å². The van der Waals surface area contributed by atoms with Gasteiger partial charge in [0.05, 0.1) is 7.11 Å². The Morgan fingerprint density at radius 1 is 1.21 bits per heavy atom. The zero-order chi connectivity index (χ0) is 17.1. The SMILES string of the molecule is COc1cccc(NC(=O)c2cc3ccc(O)cc3o/c2=N/O)c1. The number of carbonyl (C=O) groups excluding carboxylic acids is 1. The number of benzene rings is 2. The Bertz CT molecular complexity index is 978. The second kappa shape index (κ2) is 6.33. The van der Waals surface area contributed by atoms with Crippen LogP contribution in [-0.4, -0.2) is 23.3 Å². The standard InChI is InChI=1S/C17H14N2O5/c1-23-13-4-2-3-11(8-13)18-16(21)14-7-10-5-6-12(20)9-15(10)24-17(14)19-22/h2-9,20,22H,1H3,(H,18,21)/b19-17+. The van der Waals surface area contributed by atoms with Gasteiger partial charge in [0.15, 0.2) is 0 Å². The molecule has 0 radical (unpaired) electrons. The Morgan fingerprint density at radius 2 is 2.04 bits per heavy atom. The van der Waals surface area contributed by atoms with E-state index in [1.165, 1.54) is 25.3 Å². The molecule has 1 aromatic heterocycles. The fourth-order valence-corrected chi connectivity index (χ4v) is 2.24. The van der Waals surface area contributed by atoms with Crippen molar-refractivity contribution in [3.8, 4) is 11.5 Å². The molecule has 3 rings (SSSR count). The third-order valence-electron chi connectivity index (χ3n) is 3.40. The second-order valence-corrected chi connectivity index (χ2v) is 4.97. The van der Waals surface area contributed by atoms with E-state index in [0.717, 1.165) is 0 Å². The molecular formula is C17H14N2O5. The number of amides is 1. The summed E-state index contributed by atoms with van der Waals surface area (Å²) in [5.41, 5.74) is 0.613. The summed E-state index contributed by atoms with van der Waals surface area (Å²) in [7, 11) is 1.53. The molecular weight excluding hydrogens is 312 g/mol. The van der Waals surface area contributed by atoms with Gasteiger partial charge in [-0.05, 0) is 35.5 Å². The van der Waals surface area contributed by atoms with Crippen molar-refractivity contribution >= 4 is 22.6 Å². The molecule has 0 bridgehead atoms. The van der Waals surface area contributed by atoms with Crippen molar-refractivity contribution in [2.24, 2.45) is 5.16 Å². The van der Waals surface area contributed by atoms with Crippen LogP contribution in [-0.2, 0) is 0 Å². The Morgan fingerprint density at radius 3 is 2.79 bits per heavy atom. The zero-order valence-electron chi connectivity index (χ0n) is 12.7. The van der Waals surface area contributed by atoms with Gasteiger partial charge in [0, 0.05) is 23.2 Å². The predicted molar refractivity (Wildman–Crippen MR) is 86.2 cm³/mol. The first-order chi connectivity index (χ1) is 11.6. The molecule has 1 amide bonds. The highest BCUT2D eigenvalue weighted by atomic mass is 16.5. The van der Waals surface area contributed by atoms with Gasteiger partial charge in [-0.25, -0.2) is 0 Å². The average Bonchev–Trinajstić information content (AvgIpc) is 2.60. The van der Waals surface area contributed by atoms with Gasteiger partial charge in [-0.15, -0.1) is 0 Å². The lowest BCUT2D eigenvalue weighted by atomic mass is 10.1. The van der Waals surface area contributed by atoms with Gasteiger partial charge in [0.2, 0.25) is 0 Å². The number of phenols is 1. The number of anilines is 1. The van der Waals surface area contributed by atoms with Gasteiger partial charge in [0.1, 0.15) is 22.6 Å². The van der Waals surface area contributed by atoms with Crippen LogP contribution in [0.25, 0.3) is 11.0 Å². The van der Waals surface area contributed by atoms with Gasteiger partial charge in [-0.1, -0.05) is 6.07 Å². The minimum atomic E-state index is -0.505. The Kier molecular flexibility index (Phi) is 4.07. The Hall–Kier alpha value is -3.48. The first-order valence-corrected chi connectivity index (χ1v) is 7.01. The van der Waals surface area contributed by atoms with E-state index < -0.39 is 5.91 Å². The number of nitrogens with zero attached hydrogens (tertiary/aromatic N) is 1. The van der Waals surface area contributed by atoms with Crippen molar-refractivity contribution in [3.05, 3.63) is 59.6 Å². The number of hydrogen-bond donors (Lipinski definition) is 3. The summed E-state index contributed by atoms with van der Waals surface area (Å²) in [4.78, 5) is 12.5. The normalized spacial score (nSPS) is 11.5. The van der Waals surface area contributed by atoms with Crippen molar-refractivity contribution in [3.63, 3.8) is 0 Å². The summed E-state index contributed by atoms with van der Waals surface area (Å²) in [6.07, 6.45) is 0. The van der Waals surface area contributed by atoms with Gasteiger partial charge in [0.25, 0.3) is 11.5 Å². The largest absolute Gasteiger partial charge is 0.508 e. The molecule has 2 aromatic carbocycles. The third-order valence-corrected chi connectivity index (χ3v) is 3.40. The summed E-state index contributed by atoms with van der Waals surface area (Å²) < 4.78 is 10.5. The van der Waals surface area contributed by atoms with E-state index in [2.05, 4.69) is 10.5 Å². The maximum atomic E-state index is 12.5. The van der Waals surface area contributed by atoms with E-state index in [1.54, 1.807) is 30.3 Å². The molecule has 0 fully saturated rings. The van der Waals surface area contributed by atoms with Crippen molar-refractivity contribution in [2.45, 2.75) is 0 Å². The number of carbonyl (C=O) groups is 1. The molecule has 0 atom stereocenters. The average molecular weight is 326 g/mol. The number of nitrogens with one attached hydrogen (secondary N) is 1. The van der Waals surface area contributed by atoms with E-state index in [4.69, 9.17) is 14.4 Å². The number of methoxy groups -OCH3 is 1. The van der Waals surface area contributed by atoms with Gasteiger partial charge < -0.3 is 24.8 Å². The van der Waals surface area contributed by atoms with Gasteiger partial charge in [-0.2, -0.15) is 0 Å². The van der Waals surface area contributed by atoms with Crippen LogP contribution in [0.3, 0.4) is 0 Å². The number of aromatic hydroxyl groups is 1. The number of hydrogen-bond acceptors (Lipinski definition) is 6. The molecule has 3 aromatic rings. The number of ether oxygens (including phenoxy) is 1. The van der Waals surface area contributed by atoms with E-state index in [0.29, 0.717) is 22.4 Å². The van der Waals surface area contributed by atoms with Crippen LogP contribution in [0.5, 0.6) is 11.5 Å². The predicted octanol–water partition coefficient (Wildman–Crippen LogP) is 2.69. The monoisotopic (exact) mass is 326 g/mol. The van der Waals surface area contributed by atoms with Crippen molar-refractivity contribution in [1.82, 2.24) is 0 Å². The smallest absolute Gasteiger partial charge is 0.268 e. The summed E-state index contributed by atoms with van der Waals surface area (Å²) in [6, 6.07) is 12.8. The summed E-state index contributed by atoms with van der Waals surface area (Å²) in [5.74, 6) is 0.0945. The second-order valence-electron chi connectivity index (χ2n) is 4.97. The number of phenolic OH excluding ortho intramolecular Hbond substituents is 1. The first kappa shape index (κ1) is 15.4. The Labute approximate surface area is 136 Å². The molecule has 7 nitrogen and oxygen atoms in total. The lowest BCUT2D eigenvalue weighted by Crippen LogP contribution is -2.21. The fourth-order valence-electron chi connectivity index (χ4n) is 2.24. The lowest BCUT2D eigenvalue weighted by Gasteiger charge is -2.08. The fraction of sp³-hybridized carbons (Fsp3) is 0.0588. The maximum Gasteiger partial charge on any atom is 0.268 e. The topological polar surface area (TPSA) is 104 Å². The van der Waals surface area contributed by atoms with E-state index in [9.17, 15) is 9.90 Å². The zero-order valence-corrected chi connectivity index (χ0v) is 12.7. The first-order valence-electron chi connectivity index (χ1n) is 7.01. The maximum absolute atomic E-state index is 12.5. The van der Waals surface area contributed by atoms with Crippen molar-refractivity contribution in [2.75, 3.05) is 12.4 Å². The molecule has 1 heterocycles. The number of fused-ring (bicyclic) bond motifs is 1. The molecule has 0 unspecified atom stereocenters. The highest BCUT2D eigenvalue weighted by Crippen LogP contribution is 2.21. The van der Waals surface area contributed by atoms with Crippen LogP contribution in [0, 0.1) is 0 Å². The van der Waals surface area contributed by atoms with Crippen LogP contribution in [0.15, 0.2) is 58.1 Å². The molecule has 0 saturated carbocycles. The lowest BCUT2D eigenvalue weighted by molar-refractivity contribution is 0.102. The molecule has 0 aliphatic rings. The summed E-state index contributed by atoms with van der Waals surface area (Å²) in [6.45, 7) is 0. The van der Waals surface area contributed by atoms with Crippen LogP contribution < -0.4 is 15.6 Å². The molecule has 3 N–H and O–H groups in total. The molecule has 7 heteroatoms.